The highest BCUT2D eigenvalue weighted by atomic mass is 15.0. The fourth-order valence-electron chi connectivity index (χ4n) is 2.11. The van der Waals surface area contributed by atoms with Crippen LogP contribution in [0, 0.1) is 0 Å². The number of hydrogen-bond donors (Lipinski definition) is 2. The first kappa shape index (κ1) is 13.6. The molecule has 0 fully saturated rings. The summed E-state index contributed by atoms with van der Waals surface area (Å²) in [6.45, 7) is 4.25. The highest BCUT2D eigenvalue weighted by Gasteiger charge is 2.02. The second-order valence-electron chi connectivity index (χ2n) is 4.95. The number of rotatable bonds is 7. The van der Waals surface area contributed by atoms with Crippen LogP contribution in [0.5, 0.6) is 0 Å². The lowest BCUT2D eigenvalue weighted by molar-refractivity contribution is 0.510. The summed E-state index contributed by atoms with van der Waals surface area (Å²) in [5.41, 5.74) is 7.83. The van der Waals surface area contributed by atoms with Crippen molar-refractivity contribution in [1.29, 1.82) is 0 Å². The maximum Gasteiger partial charge on any atom is 0.0945 e. The molecule has 1 aromatic heterocycles. The first-order valence-electron chi connectivity index (χ1n) is 6.77. The minimum atomic E-state index is 0.478. The van der Waals surface area contributed by atoms with Crippen molar-refractivity contribution in [3.8, 4) is 0 Å². The fraction of sp³-hybridized carbons (Fsp3) is 0.400. The van der Waals surface area contributed by atoms with Gasteiger partial charge in [0.05, 0.1) is 6.33 Å². The molecule has 0 saturated carbocycles. The Labute approximate surface area is 114 Å². The molecule has 0 spiro atoms. The van der Waals surface area contributed by atoms with Crippen molar-refractivity contribution < 1.29 is 0 Å². The minimum absolute atomic E-state index is 0.478. The summed E-state index contributed by atoms with van der Waals surface area (Å²) in [4.78, 5) is 4.03. The van der Waals surface area contributed by atoms with Crippen LogP contribution < -0.4 is 11.1 Å². The van der Waals surface area contributed by atoms with Gasteiger partial charge >= 0.3 is 0 Å². The van der Waals surface area contributed by atoms with Crippen molar-refractivity contribution in [3.05, 3.63) is 48.5 Å². The van der Waals surface area contributed by atoms with Gasteiger partial charge in [0.25, 0.3) is 0 Å². The molecule has 1 aromatic carbocycles. The summed E-state index contributed by atoms with van der Waals surface area (Å²) < 4.78 is 2.10. The van der Waals surface area contributed by atoms with Crippen LogP contribution in [0.2, 0.25) is 0 Å². The predicted octanol–water partition coefficient (Wildman–Crippen LogP) is 2.08. The number of nitrogen functional groups attached to an aromatic ring is 1. The average Bonchev–Trinajstić information content (AvgIpc) is 2.91. The molecule has 0 saturated heterocycles. The quantitative estimate of drug-likeness (QED) is 0.590. The SMILES string of the molecule is CC(Cc1ccc(N)cc1)NCCCn1ccnc1. The van der Waals surface area contributed by atoms with Crippen molar-refractivity contribution in [1.82, 2.24) is 14.9 Å². The molecule has 0 bridgehead atoms. The van der Waals surface area contributed by atoms with Crippen molar-refractivity contribution in [2.24, 2.45) is 0 Å². The van der Waals surface area contributed by atoms with Gasteiger partial charge in [-0.05, 0) is 44.0 Å². The number of imidazole rings is 1. The molecule has 0 radical (unpaired) electrons. The summed E-state index contributed by atoms with van der Waals surface area (Å²) in [5.74, 6) is 0. The lowest BCUT2D eigenvalue weighted by Crippen LogP contribution is -2.29. The predicted molar refractivity (Wildman–Crippen MR) is 78.9 cm³/mol. The molecule has 0 aliphatic rings. The van der Waals surface area contributed by atoms with Crippen molar-refractivity contribution in [2.45, 2.75) is 32.4 Å². The van der Waals surface area contributed by atoms with Crippen LogP contribution in [-0.2, 0) is 13.0 Å². The van der Waals surface area contributed by atoms with E-state index < -0.39 is 0 Å². The minimum Gasteiger partial charge on any atom is -0.399 e. The lowest BCUT2D eigenvalue weighted by Gasteiger charge is -2.14. The van der Waals surface area contributed by atoms with Crippen LogP contribution >= 0.6 is 0 Å². The number of anilines is 1. The summed E-state index contributed by atoms with van der Waals surface area (Å²) >= 11 is 0. The maximum atomic E-state index is 5.68. The van der Waals surface area contributed by atoms with E-state index in [0.717, 1.165) is 31.6 Å². The van der Waals surface area contributed by atoms with Crippen LogP contribution in [0.3, 0.4) is 0 Å². The number of nitrogens with one attached hydrogen (secondary N) is 1. The van der Waals surface area contributed by atoms with E-state index in [4.69, 9.17) is 5.73 Å². The van der Waals surface area contributed by atoms with Gasteiger partial charge < -0.3 is 15.6 Å². The molecular formula is C15H22N4. The van der Waals surface area contributed by atoms with Crippen LogP contribution in [0.15, 0.2) is 43.0 Å². The Morgan fingerprint density at radius 2 is 2.11 bits per heavy atom. The lowest BCUT2D eigenvalue weighted by atomic mass is 10.1. The first-order chi connectivity index (χ1) is 9.24. The Morgan fingerprint density at radius 1 is 1.32 bits per heavy atom. The number of benzene rings is 1. The molecule has 1 atom stereocenters. The Balaban J connectivity index is 1.64. The number of aromatic nitrogens is 2. The number of aryl methyl sites for hydroxylation is 1. The van der Waals surface area contributed by atoms with Crippen LogP contribution in [0.25, 0.3) is 0 Å². The van der Waals surface area contributed by atoms with Crippen molar-refractivity contribution in [3.63, 3.8) is 0 Å². The van der Waals surface area contributed by atoms with E-state index in [0.29, 0.717) is 6.04 Å². The summed E-state index contributed by atoms with van der Waals surface area (Å²) in [7, 11) is 0. The molecule has 0 aliphatic heterocycles. The standard InChI is InChI=1S/C15H22N4/c1-13(11-14-3-5-15(16)6-4-14)18-7-2-9-19-10-8-17-12-19/h3-6,8,10,12-13,18H,2,7,9,11,16H2,1H3. The summed E-state index contributed by atoms with van der Waals surface area (Å²) in [5, 5.41) is 3.54. The second kappa shape index (κ2) is 6.95. The van der Waals surface area contributed by atoms with Crippen LogP contribution in [0.4, 0.5) is 5.69 Å². The molecule has 3 N–H and O–H groups in total. The molecule has 1 unspecified atom stereocenters. The average molecular weight is 258 g/mol. The number of hydrogen-bond acceptors (Lipinski definition) is 3. The van der Waals surface area contributed by atoms with E-state index in [-0.39, 0.29) is 0 Å². The topological polar surface area (TPSA) is 55.9 Å². The fourth-order valence-corrected chi connectivity index (χ4v) is 2.11. The molecule has 1 heterocycles. The van der Waals surface area contributed by atoms with Gasteiger partial charge in [-0.25, -0.2) is 4.98 Å². The van der Waals surface area contributed by atoms with E-state index in [2.05, 4.69) is 33.9 Å². The molecule has 4 nitrogen and oxygen atoms in total. The molecule has 4 heteroatoms. The summed E-state index contributed by atoms with van der Waals surface area (Å²) in [6, 6.07) is 8.59. The highest BCUT2D eigenvalue weighted by Crippen LogP contribution is 2.07. The van der Waals surface area contributed by atoms with Gasteiger partial charge in [-0.1, -0.05) is 12.1 Å². The number of nitrogens with zero attached hydrogens (tertiary/aromatic N) is 2. The van der Waals surface area contributed by atoms with E-state index >= 15 is 0 Å². The Hall–Kier alpha value is -1.81. The Kier molecular flexibility index (Phi) is 4.98. The zero-order valence-electron chi connectivity index (χ0n) is 11.4. The van der Waals surface area contributed by atoms with Gasteiger partial charge in [0.15, 0.2) is 0 Å². The first-order valence-corrected chi connectivity index (χ1v) is 6.77. The van der Waals surface area contributed by atoms with Gasteiger partial charge in [-0.3, -0.25) is 0 Å². The molecule has 2 aromatic rings. The Bertz CT molecular complexity index is 461. The summed E-state index contributed by atoms with van der Waals surface area (Å²) in [6.07, 6.45) is 7.82. The molecule has 19 heavy (non-hydrogen) atoms. The highest BCUT2D eigenvalue weighted by molar-refractivity contribution is 5.39. The van der Waals surface area contributed by atoms with E-state index in [1.54, 1.807) is 0 Å². The van der Waals surface area contributed by atoms with Crippen molar-refractivity contribution >= 4 is 5.69 Å². The zero-order chi connectivity index (χ0) is 13.5. The van der Waals surface area contributed by atoms with Gasteiger partial charge in [0.1, 0.15) is 0 Å². The third-order valence-corrected chi connectivity index (χ3v) is 3.17. The molecular weight excluding hydrogens is 236 g/mol. The largest absolute Gasteiger partial charge is 0.399 e. The zero-order valence-corrected chi connectivity index (χ0v) is 11.4. The van der Waals surface area contributed by atoms with Gasteiger partial charge in [-0.2, -0.15) is 0 Å². The smallest absolute Gasteiger partial charge is 0.0945 e. The molecule has 2 rings (SSSR count). The third kappa shape index (κ3) is 4.75. The molecule has 0 aliphatic carbocycles. The number of nitrogens with two attached hydrogens (primary N) is 1. The van der Waals surface area contributed by atoms with E-state index in [1.807, 2.05) is 30.9 Å². The normalized spacial score (nSPS) is 12.5. The van der Waals surface area contributed by atoms with Gasteiger partial charge in [0, 0.05) is 30.7 Å². The van der Waals surface area contributed by atoms with E-state index in [1.165, 1.54) is 5.56 Å². The van der Waals surface area contributed by atoms with Crippen molar-refractivity contribution in [2.75, 3.05) is 12.3 Å². The monoisotopic (exact) mass is 258 g/mol. The van der Waals surface area contributed by atoms with E-state index in [9.17, 15) is 0 Å². The Morgan fingerprint density at radius 3 is 2.79 bits per heavy atom. The van der Waals surface area contributed by atoms with Crippen LogP contribution in [-0.4, -0.2) is 22.1 Å². The second-order valence-corrected chi connectivity index (χ2v) is 4.95. The van der Waals surface area contributed by atoms with Gasteiger partial charge in [-0.15, -0.1) is 0 Å². The van der Waals surface area contributed by atoms with Gasteiger partial charge in [0.2, 0.25) is 0 Å². The van der Waals surface area contributed by atoms with Crippen LogP contribution in [0.1, 0.15) is 18.9 Å². The maximum absolute atomic E-state index is 5.68. The molecule has 0 amide bonds. The third-order valence-electron chi connectivity index (χ3n) is 3.17. The molecule has 102 valence electrons.